The van der Waals surface area contributed by atoms with E-state index < -0.39 is 0 Å². The number of hydrogen-bond donors (Lipinski definition) is 1. The molecule has 0 aliphatic heterocycles. The summed E-state index contributed by atoms with van der Waals surface area (Å²) in [6.45, 7) is 4.63. The Kier molecular flexibility index (Phi) is 7.01. The third-order valence-corrected chi connectivity index (χ3v) is 2.49. The van der Waals surface area contributed by atoms with E-state index in [1.807, 2.05) is 0 Å². The van der Waals surface area contributed by atoms with Gasteiger partial charge in [0.25, 0.3) is 0 Å². The predicted octanol–water partition coefficient (Wildman–Crippen LogP) is 1.43. The average molecular weight is 201 g/mol. The number of rotatable bonds is 10. The van der Waals surface area contributed by atoms with Crippen molar-refractivity contribution < 1.29 is 9.47 Å². The van der Waals surface area contributed by atoms with E-state index in [0.29, 0.717) is 0 Å². The molecule has 3 heteroatoms. The monoisotopic (exact) mass is 201 g/mol. The zero-order valence-corrected chi connectivity index (χ0v) is 9.26. The van der Waals surface area contributed by atoms with Crippen molar-refractivity contribution in [2.45, 2.75) is 25.7 Å². The molecular weight excluding hydrogens is 178 g/mol. The molecule has 84 valence electrons. The molecule has 0 saturated heterocycles. The van der Waals surface area contributed by atoms with Gasteiger partial charge in [0.05, 0.1) is 6.61 Å². The van der Waals surface area contributed by atoms with E-state index in [1.54, 1.807) is 7.11 Å². The van der Waals surface area contributed by atoms with Gasteiger partial charge in [-0.3, -0.25) is 0 Å². The second-order valence-electron chi connectivity index (χ2n) is 3.94. The van der Waals surface area contributed by atoms with Crippen molar-refractivity contribution in [3.63, 3.8) is 0 Å². The van der Waals surface area contributed by atoms with Gasteiger partial charge in [-0.05, 0) is 25.3 Å². The molecule has 1 saturated carbocycles. The van der Waals surface area contributed by atoms with E-state index in [9.17, 15) is 0 Å². The van der Waals surface area contributed by atoms with E-state index in [1.165, 1.54) is 19.3 Å². The first-order chi connectivity index (χ1) is 6.93. The Morgan fingerprint density at radius 1 is 1.14 bits per heavy atom. The molecule has 0 aromatic carbocycles. The summed E-state index contributed by atoms with van der Waals surface area (Å²) in [4.78, 5) is 0. The van der Waals surface area contributed by atoms with E-state index in [4.69, 9.17) is 9.47 Å². The molecule has 14 heavy (non-hydrogen) atoms. The maximum Gasteiger partial charge on any atom is 0.0587 e. The van der Waals surface area contributed by atoms with Crippen LogP contribution in [-0.2, 0) is 9.47 Å². The minimum Gasteiger partial charge on any atom is -0.383 e. The van der Waals surface area contributed by atoms with Gasteiger partial charge in [0.2, 0.25) is 0 Å². The lowest BCUT2D eigenvalue weighted by molar-refractivity contribution is 0.125. The Labute approximate surface area is 87.2 Å². The summed E-state index contributed by atoms with van der Waals surface area (Å²) in [7, 11) is 1.72. The Morgan fingerprint density at radius 2 is 2.00 bits per heavy atom. The number of ether oxygens (including phenoxy) is 2. The van der Waals surface area contributed by atoms with Gasteiger partial charge in [0, 0.05) is 26.9 Å². The number of methoxy groups -OCH3 is 1. The third kappa shape index (κ3) is 7.30. The standard InChI is InChI=1S/C11H23NO2/c1-13-10-7-12-6-2-8-14-9-5-11-3-4-11/h11-12H,2-10H2,1H3. The molecule has 0 bridgehead atoms. The summed E-state index contributed by atoms with van der Waals surface area (Å²) >= 11 is 0. The van der Waals surface area contributed by atoms with Gasteiger partial charge in [-0.25, -0.2) is 0 Å². The highest BCUT2D eigenvalue weighted by atomic mass is 16.5. The number of hydrogen-bond acceptors (Lipinski definition) is 3. The van der Waals surface area contributed by atoms with Gasteiger partial charge in [0.1, 0.15) is 0 Å². The largest absolute Gasteiger partial charge is 0.383 e. The average Bonchev–Trinajstić information content (AvgIpc) is 2.99. The highest BCUT2D eigenvalue weighted by Crippen LogP contribution is 2.31. The zero-order chi connectivity index (χ0) is 10.1. The van der Waals surface area contributed by atoms with Crippen LogP contribution in [0.1, 0.15) is 25.7 Å². The fourth-order valence-electron chi connectivity index (χ4n) is 1.36. The zero-order valence-electron chi connectivity index (χ0n) is 9.26. The second-order valence-corrected chi connectivity index (χ2v) is 3.94. The highest BCUT2D eigenvalue weighted by molar-refractivity contribution is 4.72. The summed E-state index contributed by atoms with van der Waals surface area (Å²) in [5, 5.41) is 3.29. The Balaban J connectivity index is 1.63. The van der Waals surface area contributed by atoms with Crippen LogP contribution in [-0.4, -0.2) is 40.0 Å². The molecule has 1 aliphatic rings. The molecule has 0 amide bonds. The molecule has 0 unspecified atom stereocenters. The van der Waals surface area contributed by atoms with Crippen molar-refractivity contribution in [3.8, 4) is 0 Å². The molecule has 1 aliphatic carbocycles. The Hall–Kier alpha value is -0.120. The van der Waals surface area contributed by atoms with Crippen LogP contribution in [0.2, 0.25) is 0 Å². The van der Waals surface area contributed by atoms with Crippen LogP contribution in [0, 0.1) is 5.92 Å². The lowest BCUT2D eigenvalue weighted by Crippen LogP contribution is -2.21. The van der Waals surface area contributed by atoms with Gasteiger partial charge >= 0.3 is 0 Å². The quantitative estimate of drug-likeness (QED) is 0.542. The molecule has 1 N–H and O–H groups in total. The molecule has 1 rings (SSSR count). The van der Waals surface area contributed by atoms with Crippen molar-refractivity contribution in [3.05, 3.63) is 0 Å². The van der Waals surface area contributed by atoms with Crippen LogP contribution in [0.25, 0.3) is 0 Å². The minimum absolute atomic E-state index is 0.794. The van der Waals surface area contributed by atoms with Crippen LogP contribution in [0.3, 0.4) is 0 Å². The third-order valence-electron chi connectivity index (χ3n) is 2.49. The first-order valence-corrected chi connectivity index (χ1v) is 5.71. The molecule has 3 nitrogen and oxygen atoms in total. The SMILES string of the molecule is COCCNCCCOCCC1CC1. The van der Waals surface area contributed by atoms with Gasteiger partial charge in [-0.1, -0.05) is 12.8 Å². The summed E-state index contributed by atoms with van der Waals surface area (Å²) in [5.41, 5.74) is 0. The van der Waals surface area contributed by atoms with Crippen LogP contribution in [0.5, 0.6) is 0 Å². The fraction of sp³-hybridized carbons (Fsp3) is 1.00. The van der Waals surface area contributed by atoms with Crippen molar-refractivity contribution in [1.29, 1.82) is 0 Å². The lowest BCUT2D eigenvalue weighted by Gasteiger charge is -2.05. The molecular formula is C11H23NO2. The van der Waals surface area contributed by atoms with Gasteiger partial charge in [0.15, 0.2) is 0 Å². The molecule has 0 heterocycles. The number of nitrogens with one attached hydrogen (secondary N) is 1. The second kappa shape index (κ2) is 8.21. The summed E-state index contributed by atoms with van der Waals surface area (Å²) < 4.78 is 10.4. The van der Waals surface area contributed by atoms with Crippen molar-refractivity contribution in [2.24, 2.45) is 5.92 Å². The smallest absolute Gasteiger partial charge is 0.0587 e. The Morgan fingerprint density at radius 3 is 2.71 bits per heavy atom. The normalized spacial score (nSPS) is 16.1. The van der Waals surface area contributed by atoms with Crippen molar-refractivity contribution in [2.75, 3.05) is 40.0 Å². The van der Waals surface area contributed by atoms with Crippen LogP contribution < -0.4 is 5.32 Å². The predicted molar refractivity (Wildman–Crippen MR) is 57.5 cm³/mol. The molecule has 0 aromatic heterocycles. The van der Waals surface area contributed by atoms with Crippen LogP contribution in [0.15, 0.2) is 0 Å². The maximum atomic E-state index is 5.52. The van der Waals surface area contributed by atoms with Gasteiger partial charge in [-0.15, -0.1) is 0 Å². The maximum absolute atomic E-state index is 5.52. The van der Waals surface area contributed by atoms with Crippen molar-refractivity contribution in [1.82, 2.24) is 5.32 Å². The molecule has 0 aromatic rings. The van der Waals surface area contributed by atoms with Gasteiger partial charge < -0.3 is 14.8 Å². The van der Waals surface area contributed by atoms with Crippen molar-refractivity contribution >= 4 is 0 Å². The summed E-state index contributed by atoms with van der Waals surface area (Å²) in [6, 6.07) is 0. The van der Waals surface area contributed by atoms with Gasteiger partial charge in [-0.2, -0.15) is 0 Å². The lowest BCUT2D eigenvalue weighted by atomic mass is 10.3. The first-order valence-electron chi connectivity index (χ1n) is 5.71. The fourth-order valence-corrected chi connectivity index (χ4v) is 1.36. The topological polar surface area (TPSA) is 30.5 Å². The Bertz CT molecular complexity index is 126. The van der Waals surface area contributed by atoms with E-state index in [-0.39, 0.29) is 0 Å². The molecule has 1 fully saturated rings. The highest BCUT2D eigenvalue weighted by Gasteiger charge is 2.20. The van der Waals surface area contributed by atoms with E-state index in [0.717, 1.165) is 45.2 Å². The van der Waals surface area contributed by atoms with E-state index in [2.05, 4.69) is 5.32 Å². The molecule has 0 spiro atoms. The van der Waals surface area contributed by atoms with Crippen LogP contribution >= 0.6 is 0 Å². The molecule has 0 atom stereocenters. The summed E-state index contributed by atoms with van der Waals surface area (Å²) in [5.74, 6) is 0.995. The summed E-state index contributed by atoms with van der Waals surface area (Å²) in [6.07, 6.45) is 5.25. The van der Waals surface area contributed by atoms with Crippen LogP contribution in [0.4, 0.5) is 0 Å². The first kappa shape index (κ1) is 12.0. The molecule has 0 radical (unpaired) electrons. The van der Waals surface area contributed by atoms with E-state index >= 15 is 0 Å². The minimum atomic E-state index is 0.794.